The Balaban J connectivity index is 0.000000632. The molecule has 1 aliphatic rings. The van der Waals surface area contributed by atoms with Crippen LogP contribution in [0.15, 0.2) is 30.7 Å². The van der Waals surface area contributed by atoms with Crippen molar-refractivity contribution in [3.05, 3.63) is 47.8 Å². The number of aryl methyl sites for hydroxylation is 1. The molecule has 18 nitrogen and oxygen atoms in total. The van der Waals surface area contributed by atoms with Crippen molar-refractivity contribution in [2.75, 3.05) is 12.4 Å². The number of hydrogen-bond acceptors (Lipinski definition) is 11. The highest BCUT2D eigenvalue weighted by atomic mass is 19.4. The van der Waals surface area contributed by atoms with E-state index in [0.717, 1.165) is 36.6 Å². The highest BCUT2D eigenvalue weighted by Crippen LogP contribution is 2.27. The minimum atomic E-state index is -5.08. The maximum Gasteiger partial charge on any atom is 0.490 e. The number of methoxy groups -OCH3 is 1. The number of fused-ring (bicyclic) bond motifs is 1. The van der Waals surface area contributed by atoms with Gasteiger partial charge < -0.3 is 46.7 Å². The number of ether oxygens (including phenoxy) is 1. The quantitative estimate of drug-likeness (QED) is 0.0681. The van der Waals surface area contributed by atoms with Gasteiger partial charge in [0.2, 0.25) is 5.82 Å². The van der Waals surface area contributed by atoms with E-state index >= 15 is 0 Å². The summed E-state index contributed by atoms with van der Waals surface area (Å²) in [7, 11) is 1.26. The molecular weight excluding hydrogens is 801 g/mol. The van der Waals surface area contributed by atoms with Crippen LogP contribution < -0.4 is 21.7 Å². The summed E-state index contributed by atoms with van der Waals surface area (Å²) in [4.78, 5) is 68.2. The van der Waals surface area contributed by atoms with Crippen molar-refractivity contribution in [1.29, 1.82) is 5.41 Å². The first-order chi connectivity index (χ1) is 26.2. The molecule has 1 aromatic carbocycles. The molecule has 0 bridgehead atoms. The Morgan fingerprint density at radius 1 is 0.912 bits per heavy atom. The Bertz CT molecular complexity index is 1800. The molecular formula is C30H34F9N9O9. The second-order valence-electron chi connectivity index (χ2n) is 11.3. The Kier molecular flexibility index (Phi) is 17.9. The number of aromatic amines is 1. The largest absolute Gasteiger partial charge is 0.490 e. The average molecular weight is 836 g/mol. The number of anilines is 1. The van der Waals surface area contributed by atoms with Gasteiger partial charge in [0.1, 0.15) is 11.9 Å². The number of guanidine groups is 1. The molecule has 10 N–H and O–H groups in total. The van der Waals surface area contributed by atoms with Gasteiger partial charge in [-0.15, -0.1) is 0 Å². The molecule has 1 aliphatic carbocycles. The molecule has 0 spiro atoms. The molecule has 316 valence electrons. The number of alkyl halides is 9. The van der Waals surface area contributed by atoms with E-state index in [9.17, 15) is 49.1 Å². The van der Waals surface area contributed by atoms with E-state index in [4.69, 9.17) is 45.6 Å². The van der Waals surface area contributed by atoms with Crippen molar-refractivity contribution in [2.24, 2.45) is 5.73 Å². The zero-order chi connectivity index (χ0) is 43.9. The molecule has 3 aromatic rings. The lowest BCUT2D eigenvalue weighted by atomic mass is 9.90. The number of aliphatic carboxylic acids is 3. The molecule has 0 saturated heterocycles. The topological polar surface area (TPSA) is 296 Å². The average Bonchev–Trinajstić information content (AvgIpc) is 3.61. The number of carbonyl (C=O) groups excluding carboxylic acids is 2. The summed E-state index contributed by atoms with van der Waals surface area (Å²) in [6.07, 6.45) is -8.17. The van der Waals surface area contributed by atoms with Crippen LogP contribution >= 0.6 is 0 Å². The molecule has 0 radical (unpaired) electrons. The first-order valence-corrected chi connectivity index (χ1v) is 15.6. The summed E-state index contributed by atoms with van der Waals surface area (Å²) in [5.74, 6) is -9.11. The van der Waals surface area contributed by atoms with Gasteiger partial charge in [-0.25, -0.2) is 34.1 Å². The lowest BCUT2D eigenvalue weighted by Gasteiger charge is -2.33. The summed E-state index contributed by atoms with van der Waals surface area (Å²) in [5.41, 5.74) is 7.83. The van der Waals surface area contributed by atoms with Crippen molar-refractivity contribution in [2.45, 2.75) is 75.7 Å². The van der Waals surface area contributed by atoms with Gasteiger partial charge in [0.25, 0.3) is 5.91 Å². The van der Waals surface area contributed by atoms with Crippen LogP contribution in [-0.4, -0.2) is 115 Å². The van der Waals surface area contributed by atoms with E-state index in [1.807, 2.05) is 25.1 Å². The first kappa shape index (κ1) is 48.6. The molecule has 1 saturated carbocycles. The van der Waals surface area contributed by atoms with Gasteiger partial charge in [0.05, 0.1) is 24.6 Å². The third kappa shape index (κ3) is 17.3. The number of H-pyrrole nitrogens is 1. The maximum atomic E-state index is 13.2. The van der Waals surface area contributed by atoms with Crippen molar-refractivity contribution in [1.82, 2.24) is 30.6 Å². The molecule has 3 unspecified atom stereocenters. The molecule has 57 heavy (non-hydrogen) atoms. The van der Waals surface area contributed by atoms with Crippen LogP contribution in [0.1, 0.15) is 47.6 Å². The lowest BCUT2D eigenvalue weighted by molar-refractivity contribution is -0.193. The molecule has 0 aliphatic heterocycles. The van der Waals surface area contributed by atoms with Gasteiger partial charge in [0.15, 0.2) is 5.96 Å². The fraction of sp³-hybridized carbons (Fsp3) is 0.433. The predicted octanol–water partition coefficient (Wildman–Crippen LogP) is 3.28. The van der Waals surface area contributed by atoms with Crippen LogP contribution in [0, 0.1) is 12.3 Å². The third-order valence-electron chi connectivity index (χ3n) is 6.97. The normalized spacial score (nSPS) is 15.7. The Hall–Kier alpha value is -6.44. The number of aromatic nitrogens is 4. The number of nitrogens with zero attached hydrogens (tertiary/aromatic N) is 3. The molecule has 27 heteroatoms. The Morgan fingerprint density at radius 2 is 1.42 bits per heavy atom. The fourth-order valence-corrected chi connectivity index (χ4v) is 4.48. The standard InChI is InChI=1S/C24H31N9O3.3C2HF3O2/c1-13-7-8-16-15(9-13)20(30-17-5-3-4-6-18(17)32-24(25)26)33-21(29-16)22(34)31-19(23(35)36-2)10-14-11-27-12-28-14;3*3-2(4,5)1(6)7/h7-9,11-12,17-19H,3-6,10H2,1-2H3,(H,27,28)(H,31,34)(H4,25,26,32)(H,29,30,33);3*(H,6,7). The van der Waals surface area contributed by atoms with Gasteiger partial charge >= 0.3 is 42.4 Å². The van der Waals surface area contributed by atoms with E-state index in [-0.39, 0.29) is 30.3 Å². The number of carbonyl (C=O) groups is 5. The second kappa shape index (κ2) is 21.0. The molecule has 2 aromatic heterocycles. The van der Waals surface area contributed by atoms with Gasteiger partial charge in [-0.1, -0.05) is 24.5 Å². The van der Waals surface area contributed by atoms with E-state index in [2.05, 4.69) is 35.9 Å². The van der Waals surface area contributed by atoms with Gasteiger partial charge in [-0.05, 0) is 31.9 Å². The zero-order valence-electron chi connectivity index (χ0n) is 29.3. The lowest BCUT2D eigenvalue weighted by Crippen LogP contribution is -2.50. The minimum absolute atomic E-state index is 0.0408. The maximum absolute atomic E-state index is 13.2. The number of halogens is 9. The SMILES string of the molecule is COC(=O)C(Cc1c[nH]cn1)NC(=O)c1nc(NC2CCCCC2NC(=N)N)c2cc(C)ccc2n1.O=C(O)C(F)(F)F.O=C(O)C(F)(F)F.O=C(O)C(F)(F)F. The molecule has 2 heterocycles. The summed E-state index contributed by atoms with van der Waals surface area (Å²) in [5, 5.41) is 39.0. The van der Waals surface area contributed by atoms with Crippen molar-refractivity contribution < 1.29 is 83.5 Å². The minimum Gasteiger partial charge on any atom is -0.475 e. The van der Waals surface area contributed by atoms with Crippen LogP contribution in [0.4, 0.5) is 45.3 Å². The Morgan fingerprint density at radius 3 is 1.86 bits per heavy atom. The number of amides is 1. The number of esters is 1. The van der Waals surface area contributed by atoms with Crippen molar-refractivity contribution >= 4 is 52.5 Å². The smallest absolute Gasteiger partial charge is 0.475 e. The monoisotopic (exact) mass is 835 g/mol. The summed E-state index contributed by atoms with van der Waals surface area (Å²) in [6.45, 7) is 1.97. The highest BCUT2D eigenvalue weighted by Gasteiger charge is 2.39. The number of nitrogens with one attached hydrogen (secondary N) is 5. The number of rotatable bonds is 8. The van der Waals surface area contributed by atoms with Gasteiger partial charge in [0, 0.05) is 30.1 Å². The van der Waals surface area contributed by atoms with Crippen molar-refractivity contribution in [3.63, 3.8) is 0 Å². The number of imidazole rings is 1. The third-order valence-corrected chi connectivity index (χ3v) is 6.97. The van der Waals surface area contributed by atoms with E-state index in [1.165, 1.54) is 13.4 Å². The molecule has 4 rings (SSSR count). The predicted molar refractivity (Wildman–Crippen MR) is 176 cm³/mol. The van der Waals surface area contributed by atoms with E-state index in [0.29, 0.717) is 17.0 Å². The number of carboxylic acid groups (broad SMARTS) is 3. The summed E-state index contributed by atoms with van der Waals surface area (Å²) < 4.78 is 100. The van der Waals surface area contributed by atoms with Crippen LogP contribution in [0.3, 0.4) is 0 Å². The Labute approximate surface area is 313 Å². The van der Waals surface area contributed by atoms with Gasteiger partial charge in [-0.3, -0.25) is 10.2 Å². The number of carboxylic acids is 3. The van der Waals surface area contributed by atoms with Crippen LogP contribution in [0.5, 0.6) is 0 Å². The molecule has 1 amide bonds. The highest BCUT2D eigenvalue weighted by molar-refractivity contribution is 5.98. The molecule has 1 fully saturated rings. The van der Waals surface area contributed by atoms with E-state index < -0.39 is 54.4 Å². The summed E-state index contributed by atoms with van der Waals surface area (Å²) >= 11 is 0. The number of hydrogen-bond donors (Lipinski definition) is 9. The van der Waals surface area contributed by atoms with Gasteiger partial charge in [-0.2, -0.15) is 39.5 Å². The van der Waals surface area contributed by atoms with Crippen molar-refractivity contribution in [3.8, 4) is 0 Å². The van der Waals surface area contributed by atoms with E-state index in [1.54, 1.807) is 6.20 Å². The number of nitrogens with two attached hydrogens (primary N) is 1. The van der Waals surface area contributed by atoms with Crippen LogP contribution in [0.25, 0.3) is 10.9 Å². The summed E-state index contributed by atoms with van der Waals surface area (Å²) in [6, 6.07) is 4.67. The van der Waals surface area contributed by atoms with Crippen LogP contribution in [0.2, 0.25) is 0 Å². The fourth-order valence-electron chi connectivity index (χ4n) is 4.48. The molecule has 3 atom stereocenters. The zero-order valence-corrected chi connectivity index (χ0v) is 29.3. The first-order valence-electron chi connectivity index (χ1n) is 15.6. The van der Waals surface area contributed by atoms with Crippen LogP contribution in [-0.2, 0) is 30.3 Å². The number of benzene rings is 1. The second-order valence-corrected chi connectivity index (χ2v) is 11.3.